The summed E-state index contributed by atoms with van der Waals surface area (Å²) in [6.45, 7) is 6.74. The topological polar surface area (TPSA) is 52.6 Å². The number of benzene rings is 1. The first kappa shape index (κ1) is 25.2. The molecular formula is C25H40O4. The third kappa shape index (κ3) is 11.7. The molecule has 1 atom stereocenters. The highest BCUT2D eigenvalue weighted by Gasteiger charge is 2.15. The van der Waals surface area contributed by atoms with Gasteiger partial charge in [0.05, 0.1) is 23.8 Å². The van der Waals surface area contributed by atoms with Crippen molar-refractivity contribution in [2.24, 2.45) is 0 Å². The Morgan fingerprint density at radius 1 is 0.793 bits per heavy atom. The lowest BCUT2D eigenvalue weighted by atomic mass is 10.1. The van der Waals surface area contributed by atoms with E-state index in [1.165, 1.54) is 51.4 Å². The van der Waals surface area contributed by atoms with Crippen LogP contribution in [0.1, 0.15) is 119 Å². The van der Waals surface area contributed by atoms with E-state index in [1.807, 2.05) is 6.92 Å². The lowest BCUT2D eigenvalue weighted by Gasteiger charge is -2.13. The summed E-state index contributed by atoms with van der Waals surface area (Å²) in [4.78, 5) is 24.6. The van der Waals surface area contributed by atoms with E-state index in [2.05, 4.69) is 13.8 Å². The van der Waals surface area contributed by atoms with Crippen molar-refractivity contribution in [3.8, 4) is 0 Å². The lowest BCUT2D eigenvalue weighted by molar-refractivity contribution is 0.0319. The molecule has 0 spiro atoms. The first-order chi connectivity index (χ1) is 14.1. The number of esters is 2. The molecule has 164 valence electrons. The summed E-state index contributed by atoms with van der Waals surface area (Å²) in [6.07, 6.45) is 13.6. The van der Waals surface area contributed by atoms with Crippen molar-refractivity contribution in [1.82, 2.24) is 0 Å². The molecule has 0 saturated heterocycles. The lowest BCUT2D eigenvalue weighted by Crippen LogP contribution is -2.16. The number of carbonyl (C=O) groups excluding carboxylic acids is 2. The van der Waals surface area contributed by atoms with Gasteiger partial charge in [0.15, 0.2) is 0 Å². The van der Waals surface area contributed by atoms with Gasteiger partial charge in [0.2, 0.25) is 0 Å². The van der Waals surface area contributed by atoms with Gasteiger partial charge in [-0.2, -0.15) is 0 Å². The van der Waals surface area contributed by atoms with Crippen molar-refractivity contribution in [3.05, 3.63) is 35.4 Å². The van der Waals surface area contributed by atoms with Gasteiger partial charge in [-0.1, -0.05) is 77.7 Å². The SMILES string of the molecule is CCCCCCCCC(C)OC(=O)c1cccc(C(=O)OCCCCCCC)c1. The fourth-order valence-electron chi connectivity index (χ4n) is 3.25. The van der Waals surface area contributed by atoms with Gasteiger partial charge in [-0.3, -0.25) is 0 Å². The second-order valence-corrected chi connectivity index (χ2v) is 7.90. The maximum atomic E-state index is 12.4. The zero-order chi connectivity index (χ0) is 21.3. The molecule has 1 aromatic rings. The molecule has 4 heteroatoms. The van der Waals surface area contributed by atoms with Gasteiger partial charge in [-0.15, -0.1) is 0 Å². The smallest absolute Gasteiger partial charge is 0.338 e. The molecule has 4 nitrogen and oxygen atoms in total. The average molecular weight is 405 g/mol. The summed E-state index contributed by atoms with van der Waals surface area (Å²) in [7, 11) is 0. The van der Waals surface area contributed by atoms with E-state index < -0.39 is 0 Å². The number of carbonyl (C=O) groups is 2. The van der Waals surface area contributed by atoms with Crippen molar-refractivity contribution in [2.45, 2.75) is 104 Å². The number of hydrogen-bond donors (Lipinski definition) is 0. The summed E-state index contributed by atoms with van der Waals surface area (Å²) in [5.41, 5.74) is 0.800. The van der Waals surface area contributed by atoms with Crippen molar-refractivity contribution in [3.63, 3.8) is 0 Å². The van der Waals surface area contributed by atoms with Gasteiger partial charge < -0.3 is 9.47 Å². The van der Waals surface area contributed by atoms with E-state index in [0.29, 0.717) is 17.7 Å². The van der Waals surface area contributed by atoms with Gasteiger partial charge in [-0.25, -0.2) is 9.59 Å². The van der Waals surface area contributed by atoms with E-state index in [4.69, 9.17) is 9.47 Å². The quantitative estimate of drug-likeness (QED) is 0.218. The largest absolute Gasteiger partial charge is 0.462 e. The molecule has 0 heterocycles. The molecule has 0 bridgehead atoms. The van der Waals surface area contributed by atoms with Crippen LogP contribution < -0.4 is 0 Å². The summed E-state index contributed by atoms with van der Waals surface area (Å²) in [5, 5.41) is 0. The number of hydrogen-bond acceptors (Lipinski definition) is 4. The third-order valence-corrected chi connectivity index (χ3v) is 5.09. The summed E-state index contributed by atoms with van der Waals surface area (Å²) < 4.78 is 10.9. The molecule has 0 amide bonds. The molecule has 0 aliphatic heterocycles. The third-order valence-electron chi connectivity index (χ3n) is 5.09. The van der Waals surface area contributed by atoms with Gasteiger partial charge >= 0.3 is 11.9 Å². The van der Waals surface area contributed by atoms with E-state index in [-0.39, 0.29) is 18.0 Å². The van der Waals surface area contributed by atoms with E-state index in [1.54, 1.807) is 24.3 Å². The van der Waals surface area contributed by atoms with Gasteiger partial charge in [0.25, 0.3) is 0 Å². The minimum atomic E-state index is -0.379. The monoisotopic (exact) mass is 404 g/mol. The molecule has 0 aromatic heterocycles. The maximum Gasteiger partial charge on any atom is 0.338 e. The van der Waals surface area contributed by atoms with Gasteiger partial charge in [-0.05, 0) is 44.4 Å². The Balaban J connectivity index is 2.36. The Labute approximate surface area is 177 Å². The first-order valence-corrected chi connectivity index (χ1v) is 11.6. The van der Waals surface area contributed by atoms with Gasteiger partial charge in [0, 0.05) is 0 Å². The normalized spacial score (nSPS) is 11.8. The highest BCUT2D eigenvalue weighted by molar-refractivity contribution is 5.95. The summed E-state index contributed by atoms with van der Waals surface area (Å²) in [6, 6.07) is 6.63. The molecule has 0 aliphatic rings. The number of rotatable bonds is 16. The zero-order valence-corrected chi connectivity index (χ0v) is 18.7. The minimum Gasteiger partial charge on any atom is -0.462 e. The van der Waals surface area contributed by atoms with Crippen LogP contribution in [-0.2, 0) is 9.47 Å². The molecule has 0 N–H and O–H groups in total. The fourth-order valence-corrected chi connectivity index (χ4v) is 3.25. The van der Waals surface area contributed by atoms with Crippen LogP contribution in [-0.4, -0.2) is 24.6 Å². The summed E-state index contributed by atoms with van der Waals surface area (Å²) >= 11 is 0. The highest BCUT2D eigenvalue weighted by Crippen LogP contribution is 2.14. The fraction of sp³-hybridized carbons (Fsp3) is 0.680. The molecule has 0 radical (unpaired) electrons. The molecule has 1 unspecified atom stereocenters. The standard InChI is InChI=1S/C25H40O4/c1-4-6-8-10-11-13-16-21(3)29-25(27)23-18-15-17-22(20-23)24(26)28-19-14-12-9-7-5-2/h15,17-18,20-21H,4-14,16,19H2,1-3H3. The van der Waals surface area contributed by atoms with Crippen molar-refractivity contribution in [1.29, 1.82) is 0 Å². The van der Waals surface area contributed by atoms with Crippen LogP contribution in [0.2, 0.25) is 0 Å². The van der Waals surface area contributed by atoms with E-state index in [0.717, 1.165) is 25.7 Å². The van der Waals surface area contributed by atoms with Crippen molar-refractivity contribution in [2.75, 3.05) is 6.61 Å². The number of ether oxygens (including phenoxy) is 2. The molecule has 0 saturated carbocycles. The predicted molar refractivity (Wildman–Crippen MR) is 118 cm³/mol. The van der Waals surface area contributed by atoms with Crippen LogP contribution in [0.5, 0.6) is 0 Å². The summed E-state index contributed by atoms with van der Waals surface area (Å²) in [5.74, 6) is -0.757. The number of unbranched alkanes of at least 4 members (excludes halogenated alkanes) is 9. The van der Waals surface area contributed by atoms with Crippen LogP contribution >= 0.6 is 0 Å². The Bertz CT molecular complexity index is 582. The van der Waals surface area contributed by atoms with Crippen LogP contribution in [0, 0.1) is 0 Å². The Hall–Kier alpha value is -1.84. The zero-order valence-electron chi connectivity index (χ0n) is 18.7. The van der Waals surface area contributed by atoms with E-state index >= 15 is 0 Å². The van der Waals surface area contributed by atoms with E-state index in [9.17, 15) is 9.59 Å². The van der Waals surface area contributed by atoms with Gasteiger partial charge in [0.1, 0.15) is 0 Å². The predicted octanol–water partition coefficient (Wildman–Crippen LogP) is 7.11. The molecule has 1 aromatic carbocycles. The second-order valence-electron chi connectivity index (χ2n) is 7.90. The Kier molecular flexibility index (Phi) is 13.9. The first-order valence-electron chi connectivity index (χ1n) is 11.6. The molecule has 0 fully saturated rings. The van der Waals surface area contributed by atoms with Crippen molar-refractivity contribution >= 4 is 11.9 Å². The second kappa shape index (κ2) is 16.0. The minimum absolute atomic E-state index is 0.118. The Morgan fingerprint density at radius 3 is 2.00 bits per heavy atom. The highest BCUT2D eigenvalue weighted by atomic mass is 16.5. The van der Waals surface area contributed by atoms with Crippen LogP contribution in [0.3, 0.4) is 0 Å². The van der Waals surface area contributed by atoms with Crippen LogP contribution in [0.15, 0.2) is 24.3 Å². The molecule has 1 rings (SSSR count). The Morgan fingerprint density at radius 2 is 1.34 bits per heavy atom. The van der Waals surface area contributed by atoms with Crippen molar-refractivity contribution < 1.29 is 19.1 Å². The molecule has 0 aliphatic carbocycles. The molecule has 29 heavy (non-hydrogen) atoms. The average Bonchev–Trinajstić information content (AvgIpc) is 2.73. The van der Waals surface area contributed by atoms with Crippen LogP contribution in [0.25, 0.3) is 0 Å². The maximum absolute atomic E-state index is 12.4. The molecular weight excluding hydrogens is 364 g/mol. The van der Waals surface area contributed by atoms with Crippen LogP contribution in [0.4, 0.5) is 0 Å².